The largest absolute Gasteiger partial charge is 0.497 e. The number of benzene rings is 2. The maximum absolute atomic E-state index is 13.1. The van der Waals surface area contributed by atoms with Gasteiger partial charge >= 0.3 is 6.09 Å². The molecule has 2 aliphatic rings. The Kier molecular flexibility index (Phi) is 7.23. The summed E-state index contributed by atoms with van der Waals surface area (Å²) in [5, 5.41) is 0. The minimum Gasteiger partial charge on any atom is -0.497 e. The standard InChI is InChI=1S/C28H35N5O3/c1-20-18-33(28(34)36-23-11-13-31(14-12-23)19-22-7-5-4-6-8-22)21(2)17-32(20)27-16-29-26-15-24(35-3)9-10-25(26)30-27/h4-10,15-16,20-21,23H,11-14,17-19H2,1-3H3/t20-,21-/m1/s1. The Hall–Kier alpha value is -3.39. The molecule has 8 heteroatoms. The average molecular weight is 490 g/mol. The van der Waals surface area contributed by atoms with E-state index in [1.165, 1.54) is 5.56 Å². The quantitative estimate of drug-likeness (QED) is 0.528. The van der Waals surface area contributed by atoms with Crippen LogP contribution in [0.15, 0.2) is 54.7 Å². The minimum absolute atomic E-state index is 0.0141. The first-order valence-corrected chi connectivity index (χ1v) is 12.8. The van der Waals surface area contributed by atoms with Crippen molar-refractivity contribution in [2.24, 2.45) is 0 Å². The molecular formula is C28H35N5O3. The first-order chi connectivity index (χ1) is 17.5. The number of likely N-dealkylation sites (tertiary alicyclic amines) is 1. The van der Waals surface area contributed by atoms with Crippen molar-refractivity contribution in [3.63, 3.8) is 0 Å². The minimum atomic E-state index is -0.202. The number of methoxy groups -OCH3 is 1. The van der Waals surface area contributed by atoms with Crippen LogP contribution in [-0.2, 0) is 11.3 Å². The summed E-state index contributed by atoms with van der Waals surface area (Å²) in [7, 11) is 1.64. The number of nitrogens with zero attached hydrogens (tertiary/aromatic N) is 5. The summed E-state index contributed by atoms with van der Waals surface area (Å²) in [6.07, 6.45) is 3.34. The van der Waals surface area contributed by atoms with E-state index >= 15 is 0 Å². The van der Waals surface area contributed by atoms with Crippen LogP contribution >= 0.6 is 0 Å². The monoisotopic (exact) mass is 489 g/mol. The van der Waals surface area contributed by atoms with Gasteiger partial charge in [0.05, 0.1) is 24.3 Å². The summed E-state index contributed by atoms with van der Waals surface area (Å²) in [6, 6.07) is 16.4. The SMILES string of the molecule is COc1ccc2nc(N3C[C@@H](C)N(C(=O)OC4CCN(Cc5ccccc5)CC4)C[C@H]3C)cnc2c1. The van der Waals surface area contributed by atoms with E-state index in [1.54, 1.807) is 7.11 Å². The maximum atomic E-state index is 13.1. The van der Waals surface area contributed by atoms with Crippen molar-refractivity contribution in [1.82, 2.24) is 19.8 Å². The number of piperidine rings is 1. The number of rotatable bonds is 5. The average Bonchev–Trinajstić information content (AvgIpc) is 2.90. The van der Waals surface area contributed by atoms with Crippen LogP contribution in [0, 0.1) is 0 Å². The number of hydrogen-bond acceptors (Lipinski definition) is 7. The predicted molar refractivity (Wildman–Crippen MR) is 140 cm³/mol. The van der Waals surface area contributed by atoms with Crippen LogP contribution in [0.5, 0.6) is 5.75 Å². The molecule has 0 spiro atoms. The molecule has 1 aromatic heterocycles. The molecule has 3 aromatic rings. The molecule has 0 radical (unpaired) electrons. The van der Waals surface area contributed by atoms with Gasteiger partial charge in [0, 0.05) is 50.9 Å². The number of ether oxygens (including phenoxy) is 2. The van der Waals surface area contributed by atoms with E-state index in [1.807, 2.05) is 35.4 Å². The highest BCUT2D eigenvalue weighted by atomic mass is 16.6. The molecule has 0 bridgehead atoms. The second-order valence-corrected chi connectivity index (χ2v) is 9.93. The summed E-state index contributed by atoms with van der Waals surface area (Å²) in [4.78, 5) is 29.1. The van der Waals surface area contributed by atoms with Gasteiger partial charge in [0.25, 0.3) is 0 Å². The number of anilines is 1. The lowest BCUT2D eigenvalue weighted by Gasteiger charge is -2.44. The lowest BCUT2D eigenvalue weighted by Crippen LogP contribution is -2.59. The van der Waals surface area contributed by atoms with Crippen LogP contribution < -0.4 is 9.64 Å². The van der Waals surface area contributed by atoms with Crippen LogP contribution in [0.2, 0.25) is 0 Å². The lowest BCUT2D eigenvalue weighted by molar-refractivity contribution is 0.0166. The highest BCUT2D eigenvalue weighted by molar-refractivity contribution is 5.77. The Labute approximate surface area is 212 Å². The molecule has 1 amide bonds. The van der Waals surface area contributed by atoms with Crippen LogP contribution in [0.1, 0.15) is 32.3 Å². The summed E-state index contributed by atoms with van der Waals surface area (Å²) < 4.78 is 11.3. The molecule has 2 fully saturated rings. The second kappa shape index (κ2) is 10.7. The van der Waals surface area contributed by atoms with Gasteiger partial charge in [-0.05, 0) is 44.4 Å². The second-order valence-electron chi connectivity index (χ2n) is 9.93. The molecule has 190 valence electrons. The number of amides is 1. The van der Waals surface area contributed by atoms with Crippen LogP contribution in [0.3, 0.4) is 0 Å². The fourth-order valence-electron chi connectivity index (χ4n) is 5.18. The smallest absolute Gasteiger partial charge is 0.410 e. The Morgan fingerprint density at radius 2 is 1.78 bits per heavy atom. The molecule has 3 heterocycles. The van der Waals surface area contributed by atoms with Crippen molar-refractivity contribution < 1.29 is 14.3 Å². The molecule has 0 N–H and O–H groups in total. The Morgan fingerprint density at radius 3 is 2.53 bits per heavy atom. The van der Waals surface area contributed by atoms with E-state index in [0.29, 0.717) is 13.1 Å². The number of fused-ring (bicyclic) bond motifs is 1. The third-order valence-corrected chi connectivity index (χ3v) is 7.30. The number of piperazine rings is 1. The molecule has 2 atom stereocenters. The van der Waals surface area contributed by atoms with E-state index < -0.39 is 0 Å². The van der Waals surface area contributed by atoms with Gasteiger partial charge in [0.15, 0.2) is 0 Å². The van der Waals surface area contributed by atoms with Crippen molar-refractivity contribution in [2.45, 2.75) is 51.4 Å². The number of carbonyl (C=O) groups is 1. The summed E-state index contributed by atoms with van der Waals surface area (Å²) >= 11 is 0. The van der Waals surface area contributed by atoms with Crippen LogP contribution in [0.25, 0.3) is 11.0 Å². The Morgan fingerprint density at radius 1 is 1.00 bits per heavy atom. The molecule has 0 unspecified atom stereocenters. The third kappa shape index (κ3) is 5.38. The van der Waals surface area contributed by atoms with Crippen molar-refractivity contribution in [2.75, 3.05) is 38.2 Å². The van der Waals surface area contributed by atoms with Gasteiger partial charge in [0.1, 0.15) is 17.7 Å². The molecule has 0 aliphatic carbocycles. The van der Waals surface area contributed by atoms with Crippen LogP contribution in [0.4, 0.5) is 10.6 Å². The van der Waals surface area contributed by atoms with Gasteiger partial charge in [-0.25, -0.2) is 9.78 Å². The first kappa shape index (κ1) is 24.3. The molecular weight excluding hydrogens is 454 g/mol. The van der Waals surface area contributed by atoms with Crippen molar-refractivity contribution in [3.8, 4) is 5.75 Å². The fraction of sp³-hybridized carbons (Fsp3) is 0.464. The van der Waals surface area contributed by atoms with E-state index in [4.69, 9.17) is 14.5 Å². The van der Waals surface area contributed by atoms with E-state index in [-0.39, 0.29) is 24.3 Å². The molecule has 2 aliphatic heterocycles. The summed E-state index contributed by atoms with van der Waals surface area (Å²) in [6.45, 7) is 8.30. The Balaban J connectivity index is 1.15. The van der Waals surface area contributed by atoms with Gasteiger partial charge in [-0.1, -0.05) is 30.3 Å². The molecule has 8 nitrogen and oxygen atoms in total. The van der Waals surface area contributed by atoms with Gasteiger partial charge in [-0.15, -0.1) is 0 Å². The third-order valence-electron chi connectivity index (χ3n) is 7.30. The molecule has 5 rings (SSSR count). The van der Waals surface area contributed by atoms with Gasteiger partial charge in [0.2, 0.25) is 0 Å². The molecule has 0 saturated carbocycles. The zero-order chi connectivity index (χ0) is 25.1. The van der Waals surface area contributed by atoms with Crippen molar-refractivity contribution in [3.05, 3.63) is 60.3 Å². The zero-order valence-corrected chi connectivity index (χ0v) is 21.3. The van der Waals surface area contributed by atoms with E-state index in [9.17, 15) is 4.79 Å². The number of hydrogen-bond donors (Lipinski definition) is 0. The maximum Gasteiger partial charge on any atom is 0.410 e. The highest BCUT2D eigenvalue weighted by Crippen LogP contribution is 2.26. The molecule has 2 aromatic carbocycles. The van der Waals surface area contributed by atoms with Gasteiger partial charge in [-0.2, -0.15) is 0 Å². The predicted octanol–water partition coefficient (Wildman–Crippen LogP) is 4.34. The van der Waals surface area contributed by atoms with E-state index in [2.05, 4.69) is 52.9 Å². The van der Waals surface area contributed by atoms with Crippen molar-refractivity contribution in [1.29, 1.82) is 0 Å². The topological polar surface area (TPSA) is 71.0 Å². The lowest BCUT2D eigenvalue weighted by atomic mass is 10.1. The number of aromatic nitrogens is 2. The molecule has 36 heavy (non-hydrogen) atoms. The Bertz CT molecular complexity index is 1180. The van der Waals surface area contributed by atoms with Crippen molar-refractivity contribution >= 4 is 22.9 Å². The zero-order valence-electron chi connectivity index (χ0n) is 21.3. The molecule has 2 saturated heterocycles. The first-order valence-electron chi connectivity index (χ1n) is 12.8. The highest BCUT2D eigenvalue weighted by Gasteiger charge is 2.35. The summed E-state index contributed by atoms with van der Waals surface area (Å²) in [5.74, 6) is 1.59. The number of carbonyl (C=O) groups excluding carboxylic acids is 1. The van der Waals surface area contributed by atoms with Gasteiger partial charge < -0.3 is 19.3 Å². The summed E-state index contributed by atoms with van der Waals surface area (Å²) in [5.41, 5.74) is 2.95. The normalized spacial score (nSPS) is 21.5. The fourth-order valence-corrected chi connectivity index (χ4v) is 5.18. The van der Waals surface area contributed by atoms with E-state index in [0.717, 1.165) is 55.1 Å². The van der Waals surface area contributed by atoms with Gasteiger partial charge in [-0.3, -0.25) is 9.88 Å². The van der Waals surface area contributed by atoms with Crippen LogP contribution in [-0.4, -0.2) is 77.3 Å².